The van der Waals surface area contributed by atoms with E-state index in [1.54, 1.807) is 17.7 Å². The molecule has 0 aliphatic rings. The number of aryl methyl sites for hydroxylation is 1. The lowest BCUT2D eigenvalue weighted by Gasteiger charge is -2.27. The molecule has 2 aromatic carbocycles. The number of rotatable bonds is 9. The number of aromatic amines is 1. The quantitative estimate of drug-likeness (QED) is 0.145. The van der Waals surface area contributed by atoms with Gasteiger partial charge in [0, 0.05) is 54.9 Å². The van der Waals surface area contributed by atoms with Crippen molar-refractivity contribution in [3.05, 3.63) is 69.9 Å². The summed E-state index contributed by atoms with van der Waals surface area (Å²) in [5.74, 6) is -0.0435. The van der Waals surface area contributed by atoms with Crippen molar-refractivity contribution in [3.63, 3.8) is 0 Å². The van der Waals surface area contributed by atoms with Crippen LogP contribution in [0.2, 0.25) is 0 Å². The van der Waals surface area contributed by atoms with Crippen molar-refractivity contribution >= 4 is 57.2 Å². The fourth-order valence-corrected chi connectivity index (χ4v) is 4.44. The Hall–Kier alpha value is -3.77. The molecule has 0 unspecified atom stereocenters. The van der Waals surface area contributed by atoms with Crippen molar-refractivity contribution in [1.82, 2.24) is 14.5 Å². The predicted molar refractivity (Wildman–Crippen MR) is 140 cm³/mol. The molecule has 2 N–H and O–H groups in total. The van der Waals surface area contributed by atoms with Gasteiger partial charge < -0.3 is 19.8 Å². The van der Waals surface area contributed by atoms with Crippen molar-refractivity contribution < 1.29 is 22.9 Å². The van der Waals surface area contributed by atoms with Gasteiger partial charge in [0.25, 0.3) is 11.6 Å². The molecule has 14 heteroatoms. The molecule has 0 spiro atoms. The average molecular weight is 569 g/mol. The van der Waals surface area contributed by atoms with Gasteiger partial charge in [0.15, 0.2) is 5.82 Å². The van der Waals surface area contributed by atoms with Crippen molar-refractivity contribution in [3.8, 4) is 11.5 Å². The van der Waals surface area contributed by atoms with Gasteiger partial charge in [-0.2, -0.15) is 13.2 Å². The smallest absolute Gasteiger partial charge is 0.369 e. The number of anilines is 2. The van der Waals surface area contributed by atoms with Crippen LogP contribution in [0.4, 0.5) is 30.2 Å². The van der Waals surface area contributed by atoms with Crippen LogP contribution in [-0.2, 0) is 13.2 Å². The third kappa shape index (κ3) is 5.70. The van der Waals surface area contributed by atoms with Crippen molar-refractivity contribution in [1.29, 1.82) is 0 Å². The molecule has 0 saturated heterocycles. The number of H-pyrrole nitrogens is 1. The van der Waals surface area contributed by atoms with Crippen LogP contribution >= 0.6 is 23.2 Å². The van der Waals surface area contributed by atoms with Gasteiger partial charge in [-0.3, -0.25) is 14.9 Å². The maximum absolute atomic E-state index is 13.9. The lowest BCUT2D eigenvalue weighted by molar-refractivity contribution is -0.384. The Bertz CT molecular complexity index is 1500. The first-order chi connectivity index (χ1) is 18.0. The van der Waals surface area contributed by atoms with E-state index in [-0.39, 0.29) is 47.5 Å². The summed E-state index contributed by atoms with van der Waals surface area (Å²) in [6, 6.07) is 9.47. The van der Waals surface area contributed by atoms with Gasteiger partial charge in [-0.05, 0) is 36.4 Å². The van der Waals surface area contributed by atoms with E-state index >= 15 is 0 Å². The molecule has 9 nitrogen and oxygen atoms in total. The highest BCUT2D eigenvalue weighted by atomic mass is 35.5. The number of amides is 1. The van der Waals surface area contributed by atoms with Crippen molar-refractivity contribution in [2.24, 2.45) is 7.05 Å². The number of fused-ring (bicyclic) bond motifs is 1. The molecule has 2 aromatic heterocycles. The summed E-state index contributed by atoms with van der Waals surface area (Å²) in [7, 11) is 1.64. The van der Waals surface area contributed by atoms with Gasteiger partial charge in [0.2, 0.25) is 0 Å². The van der Waals surface area contributed by atoms with Crippen LogP contribution in [0, 0.1) is 10.1 Å². The second kappa shape index (κ2) is 10.9. The number of benzene rings is 2. The third-order valence-corrected chi connectivity index (χ3v) is 6.14. The second-order valence-corrected chi connectivity index (χ2v) is 9.07. The Kier molecular flexibility index (Phi) is 7.83. The fourth-order valence-electron chi connectivity index (χ4n) is 4.03. The zero-order valence-corrected chi connectivity index (χ0v) is 21.4. The van der Waals surface area contributed by atoms with Crippen LogP contribution in [0.5, 0.6) is 0 Å². The number of imidazole rings is 1. The SMILES string of the molecule is Cn1cc([N+](=O)[O-])cc1-c1nc2cc(C(=O)Nc3ccc(N(CCCl)CCCl)c(C(F)(F)F)c3)ccc2[nH]1. The normalized spacial score (nSPS) is 11.6. The number of carbonyl (C=O) groups excluding carboxylic acids is 1. The van der Waals surface area contributed by atoms with Crippen LogP contribution < -0.4 is 10.2 Å². The maximum atomic E-state index is 13.9. The number of nitro groups is 1. The second-order valence-electron chi connectivity index (χ2n) is 8.32. The van der Waals surface area contributed by atoms with Crippen LogP contribution in [0.1, 0.15) is 15.9 Å². The van der Waals surface area contributed by atoms with Crippen LogP contribution in [0.15, 0.2) is 48.7 Å². The summed E-state index contributed by atoms with van der Waals surface area (Å²) in [4.78, 5) is 32.4. The zero-order valence-electron chi connectivity index (χ0n) is 19.9. The Labute approximate surface area is 224 Å². The number of hydrogen-bond acceptors (Lipinski definition) is 5. The summed E-state index contributed by atoms with van der Waals surface area (Å²) < 4.78 is 43.1. The minimum absolute atomic E-state index is 0.0401. The van der Waals surface area contributed by atoms with Gasteiger partial charge in [-0.25, -0.2) is 4.98 Å². The lowest BCUT2D eigenvalue weighted by Crippen LogP contribution is -2.30. The third-order valence-electron chi connectivity index (χ3n) is 5.80. The first kappa shape index (κ1) is 27.3. The number of halogens is 5. The Balaban J connectivity index is 1.61. The summed E-state index contributed by atoms with van der Waals surface area (Å²) in [5, 5.41) is 13.6. The highest BCUT2D eigenvalue weighted by Gasteiger charge is 2.35. The van der Waals surface area contributed by atoms with E-state index in [9.17, 15) is 28.1 Å². The number of alkyl halides is 5. The minimum atomic E-state index is -4.68. The maximum Gasteiger partial charge on any atom is 0.418 e. The molecular formula is C24H21Cl2F3N6O3. The summed E-state index contributed by atoms with van der Waals surface area (Å²) in [6.45, 7) is 0.343. The molecule has 4 aromatic rings. The molecule has 200 valence electrons. The van der Waals surface area contributed by atoms with E-state index in [4.69, 9.17) is 23.2 Å². The minimum Gasteiger partial charge on any atom is -0.369 e. The highest BCUT2D eigenvalue weighted by molar-refractivity contribution is 6.18. The molecule has 4 rings (SSSR count). The molecule has 38 heavy (non-hydrogen) atoms. The molecule has 0 bridgehead atoms. The van der Waals surface area contributed by atoms with Gasteiger partial charge in [-0.1, -0.05) is 0 Å². The summed E-state index contributed by atoms with van der Waals surface area (Å²) in [5.41, 5.74) is 0.469. The summed E-state index contributed by atoms with van der Waals surface area (Å²) in [6.07, 6.45) is -3.32. The van der Waals surface area contributed by atoms with Crippen LogP contribution in [0.3, 0.4) is 0 Å². The molecule has 0 aliphatic carbocycles. The van der Waals surface area contributed by atoms with Gasteiger partial charge in [0.1, 0.15) is 0 Å². The van der Waals surface area contributed by atoms with Crippen LogP contribution in [0.25, 0.3) is 22.6 Å². The monoisotopic (exact) mass is 568 g/mol. The first-order valence-corrected chi connectivity index (χ1v) is 12.3. The van der Waals surface area contributed by atoms with E-state index in [0.29, 0.717) is 22.6 Å². The van der Waals surface area contributed by atoms with E-state index in [0.717, 1.165) is 6.07 Å². The number of hydrogen-bond donors (Lipinski definition) is 2. The molecule has 0 radical (unpaired) electrons. The Morgan fingerprint density at radius 2 is 1.87 bits per heavy atom. The zero-order chi connectivity index (χ0) is 27.6. The Morgan fingerprint density at radius 1 is 1.16 bits per heavy atom. The number of carbonyl (C=O) groups is 1. The van der Waals surface area contributed by atoms with E-state index < -0.39 is 22.6 Å². The molecule has 2 heterocycles. The van der Waals surface area contributed by atoms with Crippen LogP contribution in [-0.4, -0.2) is 50.2 Å². The molecule has 0 aliphatic heterocycles. The van der Waals surface area contributed by atoms with Gasteiger partial charge >= 0.3 is 6.18 Å². The number of nitrogens with zero attached hydrogens (tertiary/aromatic N) is 4. The summed E-state index contributed by atoms with van der Waals surface area (Å²) >= 11 is 11.5. The van der Waals surface area contributed by atoms with Crippen molar-refractivity contribution in [2.45, 2.75) is 6.18 Å². The molecular weight excluding hydrogens is 548 g/mol. The number of nitrogens with one attached hydrogen (secondary N) is 2. The van der Waals surface area contributed by atoms with E-state index in [1.165, 1.54) is 41.4 Å². The molecule has 0 saturated carbocycles. The van der Waals surface area contributed by atoms with E-state index in [2.05, 4.69) is 15.3 Å². The lowest BCUT2D eigenvalue weighted by atomic mass is 10.1. The first-order valence-electron chi connectivity index (χ1n) is 11.2. The average Bonchev–Trinajstić information content (AvgIpc) is 3.46. The molecule has 0 fully saturated rings. The standard InChI is InChI=1S/C24H21Cl2F3N6O3/c1-33-13-16(35(37)38)12-21(33)22-31-18-4-2-14(10-19(18)32-22)23(36)30-15-3-5-20(17(11-15)24(27,28)29)34(8-6-25)9-7-26/h2-5,10-13H,6-9H2,1H3,(H,30,36)(H,31,32). The van der Waals surface area contributed by atoms with E-state index in [1.807, 2.05) is 0 Å². The fraction of sp³-hybridized carbons (Fsp3) is 0.250. The molecule has 0 atom stereocenters. The largest absolute Gasteiger partial charge is 0.418 e. The topological polar surface area (TPSA) is 109 Å². The molecule has 1 amide bonds. The van der Waals surface area contributed by atoms with Crippen molar-refractivity contribution in [2.75, 3.05) is 35.1 Å². The van der Waals surface area contributed by atoms with Gasteiger partial charge in [-0.15, -0.1) is 23.2 Å². The van der Waals surface area contributed by atoms with Gasteiger partial charge in [0.05, 0.1) is 33.4 Å². The predicted octanol–water partition coefficient (Wildman–Crippen LogP) is 6.03. The highest BCUT2D eigenvalue weighted by Crippen LogP contribution is 2.38. The number of aromatic nitrogens is 3. The Morgan fingerprint density at radius 3 is 2.47 bits per heavy atom.